The van der Waals surface area contributed by atoms with Crippen molar-refractivity contribution in [1.82, 2.24) is 5.32 Å². The van der Waals surface area contributed by atoms with Gasteiger partial charge in [0.25, 0.3) is 5.91 Å². The molecule has 0 heterocycles. The highest BCUT2D eigenvalue weighted by atomic mass is 16.5. The van der Waals surface area contributed by atoms with Crippen molar-refractivity contribution < 1.29 is 19.4 Å². The Morgan fingerprint density at radius 2 is 1.85 bits per heavy atom. The molecule has 1 rings (SSSR count). The van der Waals surface area contributed by atoms with Gasteiger partial charge in [0.15, 0.2) is 6.61 Å². The summed E-state index contributed by atoms with van der Waals surface area (Å²) in [4.78, 5) is 22.3. The van der Waals surface area contributed by atoms with E-state index in [0.717, 1.165) is 11.1 Å². The molecule has 1 atom stereocenters. The third-order valence-corrected chi connectivity index (χ3v) is 2.84. The minimum atomic E-state index is -0.924. The molecule has 0 aliphatic rings. The number of hydrogen-bond acceptors (Lipinski definition) is 3. The number of amides is 1. The molecule has 2 N–H and O–H groups in total. The molecule has 0 bridgehead atoms. The van der Waals surface area contributed by atoms with E-state index in [1.165, 1.54) is 0 Å². The van der Waals surface area contributed by atoms with Crippen LogP contribution in [0.15, 0.2) is 18.2 Å². The molecule has 1 aromatic carbocycles. The normalized spacial score (nSPS) is 11.8. The second-order valence-corrected chi connectivity index (χ2v) is 4.88. The number of hydrogen-bond donors (Lipinski definition) is 2. The average molecular weight is 279 g/mol. The smallest absolute Gasteiger partial charge is 0.305 e. The number of rotatable bonds is 7. The van der Waals surface area contributed by atoms with Gasteiger partial charge in [0, 0.05) is 6.04 Å². The summed E-state index contributed by atoms with van der Waals surface area (Å²) >= 11 is 0. The van der Waals surface area contributed by atoms with Crippen LogP contribution in [0.25, 0.3) is 0 Å². The molecule has 5 heteroatoms. The fourth-order valence-electron chi connectivity index (χ4n) is 1.94. The predicted molar refractivity (Wildman–Crippen MR) is 75.9 cm³/mol. The average Bonchev–Trinajstić information content (AvgIpc) is 2.34. The van der Waals surface area contributed by atoms with Crippen LogP contribution in [0, 0.1) is 13.8 Å². The summed E-state index contributed by atoms with van der Waals surface area (Å²) in [6, 6.07) is 5.37. The van der Waals surface area contributed by atoms with Gasteiger partial charge in [0.1, 0.15) is 5.75 Å². The van der Waals surface area contributed by atoms with Gasteiger partial charge >= 0.3 is 5.97 Å². The van der Waals surface area contributed by atoms with Gasteiger partial charge in [-0.1, -0.05) is 13.0 Å². The van der Waals surface area contributed by atoms with E-state index in [0.29, 0.717) is 12.2 Å². The van der Waals surface area contributed by atoms with Gasteiger partial charge < -0.3 is 15.2 Å². The van der Waals surface area contributed by atoms with Crippen LogP contribution in [0.1, 0.15) is 30.9 Å². The first-order valence-electron chi connectivity index (χ1n) is 6.63. The Kier molecular flexibility index (Phi) is 6.03. The van der Waals surface area contributed by atoms with E-state index >= 15 is 0 Å². The maximum absolute atomic E-state index is 11.7. The lowest BCUT2D eigenvalue weighted by Gasteiger charge is -2.15. The first-order valence-corrected chi connectivity index (χ1v) is 6.63. The number of ether oxygens (including phenoxy) is 1. The van der Waals surface area contributed by atoms with Crippen LogP contribution >= 0.6 is 0 Å². The van der Waals surface area contributed by atoms with E-state index in [9.17, 15) is 9.59 Å². The SMILES string of the molecule is CCC(CC(=O)O)NC(=O)COc1cc(C)cc(C)c1. The summed E-state index contributed by atoms with van der Waals surface area (Å²) in [6.45, 7) is 5.64. The first kappa shape index (κ1) is 16.0. The lowest BCUT2D eigenvalue weighted by atomic mass is 10.1. The molecule has 5 nitrogen and oxygen atoms in total. The molecular formula is C15H21NO4. The summed E-state index contributed by atoms with van der Waals surface area (Å²) in [5.41, 5.74) is 2.13. The monoisotopic (exact) mass is 279 g/mol. The maximum Gasteiger partial charge on any atom is 0.305 e. The van der Waals surface area contributed by atoms with Crippen LogP contribution in [0.3, 0.4) is 0 Å². The van der Waals surface area contributed by atoms with Gasteiger partial charge in [-0.05, 0) is 43.5 Å². The molecule has 110 valence electrons. The quantitative estimate of drug-likeness (QED) is 0.801. The number of benzene rings is 1. The summed E-state index contributed by atoms with van der Waals surface area (Å²) < 4.78 is 5.42. The van der Waals surface area contributed by atoms with E-state index < -0.39 is 5.97 Å². The second-order valence-electron chi connectivity index (χ2n) is 4.88. The molecule has 20 heavy (non-hydrogen) atoms. The summed E-state index contributed by atoms with van der Waals surface area (Å²) in [6.07, 6.45) is 0.493. The van der Waals surface area contributed by atoms with Crippen molar-refractivity contribution in [3.05, 3.63) is 29.3 Å². The number of carbonyl (C=O) groups is 2. The lowest BCUT2D eigenvalue weighted by Crippen LogP contribution is -2.38. The van der Waals surface area contributed by atoms with Crippen LogP contribution in [0.2, 0.25) is 0 Å². The Bertz CT molecular complexity index is 465. The van der Waals surface area contributed by atoms with Gasteiger partial charge in [-0.15, -0.1) is 0 Å². The fourth-order valence-corrected chi connectivity index (χ4v) is 1.94. The van der Waals surface area contributed by atoms with E-state index in [1.807, 2.05) is 39.0 Å². The Morgan fingerprint density at radius 1 is 1.25 bits per heavy atom. The minimum Gasteiger partial charge on any atom is -0.484 e. The van der Waals surface area contributed by atoms with Crippen molar-refractivity contribution in [3.63, 3.8) is 0 Å². The van der Waals surface area contributed by atoms with Gasteiger partial charge in [-0.3, -0.25) is 9.59 Å². The van der Waals surface area contributed by atoms with Crippen molar-refractivity contribution in [2.75, 3.05) is 6.61 Å². The molecule has 0 aliphatic heterocycles. The molecule has 1 aromatic rings. The number of carboxylic acid groups (broad SMARTS) is 1. The van der Waals surface area contributed by atoms with E-state index in [-0.39, 0.29) is 25.0 Å². The summed E-state index contributed by atoms with van der Waals surface area (Å²) in [5.74, 6) is -0.589. The van der Waals surface area contributed by atoms with Crippen LogP contribution in [-0.4, -0.2) is 29.6 Å². The molecule has 0 fully saturated rings. The van der Waals surface area contributed by atoms with Crippen LogP contribution in [0.4, 0.5) is 0 Å². The third-order valence-electron chi connectivity index (χ3n) is 2.84. The highest BCUT2D eigenvalue weighted by Crippen LogP contribution is 2.15. The lowest BCUT2D eigenvalue weighted by molar-refractivity contribution is -0.137. The van der Waals surface area contributed by atoms with Gasteiger partial charge in [0.2, 0.25) is 0 Å². The molecule has 0 radical (unpaired) electrons. The largest absolute Gasteiger partial charge is 0.484 e. The van der Waals surface area contributed by atoms with Crippen LogP contribution in [0.5, 0.6) is 5.75 Å². The number of aryl methyl sites for hydroxylation is 2. The van der Waals surface area contributed by atoms with Crippen LogP contribution in [-0.2, 0) is 9.59 Å². The van der Waals surface area contributed by atoms with Crippen molar-refractivity contribution in [2.24, 2.45) is 0 Å². The highest BCUT2D eigenvalue weighted by molar-refractivity contribution is 5.78. The molecule has 0 aromatic heterocycles. The zero-order valence-electron chi connectivity index (χ0n) is 12.1. The van der Waals surface area contributed by atoms with Gasteiger partial charge in [-0.2, -0.15) is 0 Å². The molecule has 0 aliphatic carbocycles. The molecule has 1 unspecified atom stereocenters. The number of carboxylic acids is 1. The first-order chi connectivity index (χ1) is 9.40. The molecule has 0 saturated carbocycles. The molecule has 1 amide bonds. The number of nitrogens with one attached hydrogen (secondary N) is 1. The Hall–Kier alpha value is -2.04. The standard InChI is InChI=1S/C15H21NO4/c1-4-12(8-15(18)19)16-14(17)9-20-13-6-10(2)5-11(3)7-13/h5-7,12H,4,8-9H2,1-3H3,(H,16,17)(H,18,19). The fraction of sp³-hybridized carbons (Fsp3) is 0.467. The topological polar surface area (TPSA) is 75.6 Å². The van der Waals surface area contributed by atoms with Gasteiger partial charge in [0.05, 0.1) is 6.42 Å². The summed E-state index contributed by atoms with van der Waals surface area (Å²) in [7, 11) is 0. The third kappa shape index (κ3) is 5.73. The van der Waals surface area contributed by atoms with Crippen molar-refractivity contribution >= 4 is 11.9 Å². The van der Waals surface area contributed by atoms with E-state index in [1.54, 1.807) is 0 Å². The van der Waals surface area contributed by atoms with E-state index in [4.69, 9.17) is 9.84 Å². The van der Waals surface area contributed by atoms with Gasteiger partial charge in [-0.25, -0.2) is 0 Å². The number of aliphatic carboxylic acids is 1. The highest BCUT2D eigenvalue weighted by Gasteiger charge is 2.14. The molecular weight excluding hydrogens is 258 g/mol. The Balaban J connectivity index is 2.48. The van der Waals surface area contributed by atoms with E-state index in [2.05, 4.69) is 5.32 Å². The predicted octanol–water partition coefficient (Wildman–Crippen LogP) is 2.05. The van der Waals surface area contributed by atoms with Crippen LogP contribution < -0.4 is 10.1 Å². The maximum atomic E-state index is 11.7. The Labute approximate surface area is 118 Å². The minimum absolute atomic E-state index is 0.0776. The Morgan fingerprint density at radius 3 is 2.35 bits per heavy atom. The molecule has 0 spiro atoms. The number of carbonyl (C=O) groups excluding carboxylic acids is 1. The zero-order valence-corrected chi connectivity index (χ0v) is 12.1. The second kappa shape index (κ2) is 7.53. The summed E-state index contributed by atoms with van der Waals surface area (Å²) in [5, 5.41) is 11.4. The van der Waals surface area contributed by atoms with Crippen molar-refractivity contribution in [3.8, 4) is 5.75 Å². The molecule has 0 saturated heterocycles. The zero-order chi connectivity index (χ0) is 15.1. The van der Waals surface area contributed by atoms with Crippen molar-refractivity contribution in [1.29, 1.82) is 0 Å². The van der Waals surface area contributed by atoms with Crippen molar-refractivity contribution in [2.45, 2.75) is 39.7 Å².